The van der Waals surface area contributed by atoms with Crippen LogP contribution in [0.3, 0.4) is 0 Å². The summed E-state index contributed by atoms with van der Waals surface area (Å²) < 4.78 is 5.15. The van der Waals surface area contributed by atoms with Crippen molar-refractivity contribution in [3.8, 4) is 5.75 Å². The van der Waals surface area contributed by atoms with E-state index in [9.17, 15) is 29.3 Å². The monoisotopic (exact) mass is 599 g/mol. The van der Waals surface area contributed by atoms with E-state index >= 15 is 0 Å². The minimum Gasteiger partial charge on any atom is -0.427 e. The van der Waals surface area contributed by atoms with Gasteiger partial charge in [0.2, 0.25) is 5.91 Å². The number of nitrogens with zero attached hydrogens (tertiary/aromatic N) is 2. The first-order valence-corrected chi connectivity index (χ1v) is 14.3. The minimum atomic E-state index is -1.53. The number of esters is 1. The van der Waals surface area contributed by atoms with Gasteiger partial charge < -0.3 is 15.0 Å². The van der Waals surface area contributed by atoms with Gasteiger partial charge in [0.15, 0.2) is 11.6 Å². The lowest BCUT2D eigenvalue weighted by Crippen LogP contribution is -2.49. The number of non-ortho nitro benzene ring substituents is 1. The number of hydrogen-bond donors (Lipinski definition) is 1. The van der Waals surface area contributed by atoms with Gasteiger partial charge in [-0.2, -0.15) is 0 Å². The number of fused-ring (bicyclic) bond motifs is 6. The topological polar surface area (TPSA) is 136 Å². The number of amides is 1. The van der Waals surface area contributed by atoms with E-state index in [-0.39, 0.29) is 22.6 Å². The van der Waals surface area contributed by atoms with Crippen LogP contribution in [0.25, 0.3) is 6.08 Å². The summed E-state index contributed by atoms with van der Waals surface area (Å²) in [6.45, 7) is 1.27. The molecule has 0 unspecified atom stereocenters. The van der Waals surface area contributed by atoms with Crippen LogP contribution in [0.5, 0.6) is 5.75 Å². The van der Waals surface area contributed by atoms with Crippen LogP contribution in [-0.4, -0.2) is 39.3 Å². The van der Waals surface area contributed by atoms with Crippen molar-refractivity contribution in [3.05, 3.63) is 141 Å². The fraction of sp³-hybridized carbons (Fsp3) is 0.143. The van der Waals surface area contributed by atoms with Crippen molar-refractivity contribution < 1.29 is 28.8 Å². The van der Waals surface area contributed by atoms with Gasteiger partial charge in [0.1, 0.15) is 17.2 Å². The minimum absolute atomic E-state index is 0.141. The Bertz CT molecular complexity index is 1950. The first kappa shape index (κ1) is 27.9. The first-order chi connectivity index (χ1) is 21.7. The fourth-order valence-corrected chi connectivity index (χ4v) is 7.12. The van der Waals surface area contributed by atoms with E-state index in [2.05, 4.69) is 5.32 Å². The Morgan fingerprint density at radius 3 is 2.22 bits per heavy atom. The lowest BCUT2D eigenvalue weighted by atomic mass is 9.62. The third-order valence-corrected chi connectivity index (χ3v) is 8.88. The number of para-hydroxylation sites is 1. The number of anilines is 1. The number of ether oxygens (including phenoxy) is 1. The first-order valence-electron chi connectivity index (χ1n) is 14.3. The zero-order valence-electron chi connectivity index (χ0n) is 23.9. The van der Waals surface area contributed by atoms with Crippen LogP contribution in [0, 0.1) is 16.0 Å². The maximum Gasteiger partial charge on any atom is 0.308 e. The van der Waals surface area contributed by atoms with Crippen LogP contribution in [0.4, 0.5) is 11.4 Å². The third kappa shape index (κ3) is 4.17. The Labute approximate surface area is 257 Å². The molecule has 1 saturated heterocycles. The summed E-state index contributed by atoms with van der Waals surface area (Å²) in [5, 5.41) is 14.4. The average Bonchev–Trinajstić information content (AvgIpc) is 3.52. The molecule has 10 heteroatoms. The Morgan fingerprint density at radius 2 is 1.51 bits per heavy atom. The summed E-state index contributed by atoms with van der Waals surface area (Å²) in [6, 6.07) is 24.1. The normalized spacial score (nSPS) is 22.3. The number of carbonyl (C=O) groups is 4. The largest absolute Gasteiger partial charge is 0.427 e. The molecule has 0 bridgehead atoms. The van der Waals surface area contributed by atoms with E-state index in [0.717, 1.165) is 11.1 Å². The molecule has 4 atom stereocenters. The molecule has 3 aliphatic rings. The van der Waals surface area contributed by atoms with Crippen LogP contribution in [-0.2, 0) is 15.0 Å². The molecule has 4 aromatic rings. The molecule has 0 saturated carbocycles. The highest BCUT2D eigenvalue weighted by atomic mass is 16.6. The second-order valence-electron chi connectivity index (χ2n) is 11.2. The Morgan fingerprint density at radius 1 is 0.867 bits per heavy atom. The van der Waals surface area contributed by atoms with E-state index in [1.807, 2.05) is 36.4 Å². The van der Waals surface area contributed by atoms with Gasteiger partial charge >= 0.3 is 5.97 Å². The number of nitro benzene ring substituents is 1. The van der Waals surface area contributed by atoms with Crippen LogP contribution >= 0.6 is 0 Å². The highest BCUT2D eigenvalue weighted by Gasteiger charge is 2.70. The Kier molecular flexibility index (Phi) is 6.43. The molecule has 0 aromatic heterocycles. The summed E-state index contributed by atoms with van der Waals surface area (Å²) in [5.41, 5.74) is 1.46. The number of nitrogens with one attached hydrogen (secondary N) is 1. The average molecular weight is 600 g/mol. The van der Waals surface area contributed by atoms with E-state index in [4.69, 9.17) is 4.74 Å². The summed E-state index contributed by atoms with van der Waals surface area (Å²) >= 11 is 0. The van der Waals surface area contributed by atoms with Crippen molar-refractivity contribution in [2.45, 2.75) is 24.4 Å². The molecule has 7 rings (SSSR count). The van der Waals surface area contributed by atoms with Gasteiger partial charge in [0.05, 0.1) is 16.9 Å². The van der Waals surface area contributed by atoms with Crippen molar-refractivity contribution in [2.24, 2.45) is 5.92 Å². The molecule has 1 spiro atoms. The number of ketones is 2. The Balaban J connectivity index is 1.47. The number of carbonyl (C=O) groups excluding carboxylic acids is 4. The fourth-order valence-electron chi connectivity index (χ4n) is 7.12. The number of hydrogen-bond acceptors (Lipinski definition) is 8. The molecule has 222 valence electrons. The van der Waals surface area contributed by atoms with Crippen LogP contribution < -0.4 is 10.1 Å². The quantitative estimate of drug-likeness (QED) is 0.101. The third-order valence-electron chi connectivity index (χ3n) is 8.88. The second kappa shape index (κ2) is 10.4. The standard InChI is InChI=1S/C35H25N3O7/c1-20(39)45-25-16-12-23(13-17-25)32(41)30-29(31(40)22-10-14-24(15-11-22)38(43)44)35(27-8-4-5-9-28(27)36-34(35)42)33-26-7-3-2-6-21(26)18-19-37(30)33/h2-19,29-30,33H,1H3,(H,36,42)/t29-,30+,33+,35-/m0/s1. The van der Waals surface area contributed by atoms with Crippen LogP contribution in [0.1, 0.15) is 50.4 Å². The Hall–Kier alpha value is -5.90. The zero-order valence-corrected chi connectivity index (χ0v) is 23.9. The van der Waals surface area contributed by atoms with E-state index in [1.54, 1.807) is 29.3 Å². The van der Waals surface area contributed by atoms with Gasteiger partial charge in [-0.15, -0.1) is 0 Å². The van der Waals surface area contributed by atoms with Gasteiger partial charge in [-0.1, -0.05) is 42.5 Å². The molecule has 1 amide bonds. The smallest absolute Gasteiger partial charge is 0.308 e. The van der Waals surface area contributed by atoms with Crippen molar-refractivity contribution >= 4 is 40.9 Å². The number of nitro groups is 1. The highest BCUT2D eigenvalue weighted by Crippen LogP contribution is 2.62. The highest BCUT2D eigenvalue weighted by molar-refractivity contribution is 6.16. The van der Waals surface area contributed by atoms with Gasteiger partial charge in [-0.3, -0.25) is 29.3 Å². The summed E-state index contributed by atoms with van der Waals surface area (Å²) in [4.78, 5) is 68.0. The SMILES string of the molecule is CC(=O)Oc1ccc(C(=O)[C@H]2[C@@H](C(=O)c3ccc([N+](=O)[O-])cc3)[C@]3(C(=O)Nc4ccccc43)[C@H]3c4ccccc4C=CN23)cc1. The molecule has 3 aliphatic heterocycles. The molecule has 45 heavy (non-hydrogen) atoms. The number of benzene rings is 4. The van der Waals surface area contributed by atoms with Crippen molar-refractivity contribution in [1.82, 2.24) is 4.90 Å². The van der Waals surface area contributed by atoms with Crippen molar-refractivity contribution in [3.63, 3.8) is 0 Å². The van der Waals surface area contributed by atoms with E-state index < -0.39 is 51.8 Å². The molecule has 0 aliphatic carbocycles. The molecule has 3 heterocycles. The molecule has 0 radical (unpaired) electrons. The zero-order chi connectivity index (χ0) is 31.5. The molecule has 4 aromatic carbocycles. The second-order valence-corrected chi connectivity index (χ2v) is 11.2. The lowest BCUT2D eigenvalue weighted by Gasteiger charge is -2.38. The molecular formula is C35H25N3O7. The predicted octanol–water partition coefficient (Wildman–Crippen LogP) is 5.50. The molecule has 1 fully saturated rings. The number of rotatable bonds is 6. The van der Waals surface area contributed by atoms with Crippen LogP contribution in [0.15, 0.2) is 103 Å². The molecular weight excluding hydrogens is 574 g/mol. The summed E-state index contributed by atoms with van der Waals surface area (Å²) in [6.07, 6.45) is 3.63. The van der Waals surface area contributed by atoms with Gasteiger partial charge in [0, 0.05) is 42.1 Å². The van der Waals surface area contributed by atoms with Crippen molar-refractivity contribution in [2.75, 3.05) is 5.32 Å². The van der Waals surface area contributed by atoms with Gasteiger partial charge in [-0.25, -0.2) is 0 Å². The lowest BCUT2D eigenvalue weighted by molar-refractivity contribution is -0.384. The van der Waals surface area contributed by atoms with Crippen LogP contribution in [0.2, 0.25) is 0 Å². The molecule has 1 N–H and O–H groups in total. The maximum absolute atomic E-state index is 14.8. The maximum atomic E-state index is 14.8. The van der Waals surface area contributed by atoms with E-state index in [0.29, 0.717) is 11.3 Å². The van der Waals surface area contributed by atoms with Gasteiger partial charge in [0.25, 0.3) is 5.69 Å². The number of Topliss-reactive ketones (excluding diaryl/α,β-unsaturated/α-hetero) is 2. The summed E-state index contributed by atoms with van der Waals surface area (Å²) in [5.74, 6) is -2.80. The predicted molar refractivity (Wildman–Crippen MR) is 164 cm³/mol. The van der Waals surface area contributed by atoms with Gasteiger partial charge in [-0.05, 0) is 65.2 Å². The van der Waals surface area contributed by atoms with E-state index in [1.165, 1.54) is 55.5 Å². The van der Waals surface area contributed by atoms with Crippen molar-refractivity contribution in [1.29, 1.82) is 0 Å². The summed E-state index contributed by atoms with van der Waals surface area (Å²) in [7, 11) is 0. The molecule has 10 nitrogen and oxygen atoms in total.